The number of Topliss-reactive ketones (excluding diaryl/α,β-unsaturated/α-hetero) is 1. The highest BCUT2D eigenvalue weighted by Crippen LogP contribution is 2.35. The molecule has 1 aliphatic carbocycles. The molecule has 2 aromatic rings. The number of allylic oxidation sites excluding steroid dienone is 2. The molecule has 5 N–H and O–H groups in total. The maximum atomic E-state index is 13.4. The lowest BCUT2D eigenvalue weighted by molar-refractivity contribution is 0.102. The van der Waals surface area contributed by atoms with Crippen molar-refractivity contribution in [1.82, 2.24) is 5.32 Å². The van der Waals surface area contributed by atoms with Crippen molar-refractivity contribution in [3.63, 3.8) is 0 Å². The van der Waals surface area contributed by atoms with Gasteiger partial charge in [0.25, 0.3) is 0 Å². The molecule has 0 saturated heterocycles. The Kier molecular flexibility index (Phi) is 5.09. The minimum absolute atomic E-state index is 0.0579. The van der Waals surface area contributed by atoms with Gasteiger partial charge in [0.05, 0.1) is 6.17 Å². The second-order valence-electron chi connectivity index (χ2n) is 7.73. The van der Waals surface area contributed by atoms with Crippen molar-refractivity contribution in [3.8, 4) is 0 Å². The molecule has 1 unspecified atom stereocenters. The molecule has 5 heteroatoms. The van der Waals surface area contributed by atoms with E-state index in [9.17, 15) is 4.79 Å². The summed E-state index contributed by atoms with van der Waals surface area (Å²) in [6, 6.07) is 12.1. The van der Waals surface area contributed by atoms with Crippen molar-refractivity contribution in [3.05, 3.63) is 64.4 Å². The number of aryl methyl sites for hydroxylation is 1. The first-order valence-corrected chi connectivity index (χ1v) is 10.0. The normalized spacial score (nSPS) is 18.6. The van der Waals surface area contributed by atoms with Gasteiger partial charge >= 0.3 is 0 Å². The number of nitrogens with two attached hydrogens (primary N) is 1. The summed E-state index contributed by atoms with van der Waals surface area (Å²) in [7, 11) is 1.92. The summed E-state index contributed by atoms with van der Waals surface area (Å²) in [5, 5.41) is 10.1. The first-order chi connectivity index (χ1) is 13.6. The molecule has 4 rings (SSSR count). The summed E-state index contributed by atoms with van der Waals surface area (Å²) in [6.07, 6.45) is 4.76. The third kappa shape index (κ3) is 3.50. The van der Waals surface area contributed by atoms with Crippen LogP contribution in [0.5, 0.6) is 0 Å². The Balaban J connectivity index is 1.65. The lowest BCUT2D eigenvalue weighted by Gasteiger charge is -2.22. The van der Waals surface area contributed by atoms with Crippen LogP contribution in [-0.4, -0.2) is 19.0 Å². The Labute approximate surface area is 166 Å². The van der Waals surface area contributed by atoms with Crippen molar-refractivity contribution in [2.75, 3.05) is 23.4 Å². The van der Waals surface area contributed by atoms with Crippen LogP contribution >= 0.6 is 0 Å². The summed E-state index contributed by atoms with van der Waals surface area (Å²) in [6.45, 7) is 2.07. The fourth-order valence-electron chi connectivity index (χ4n) is 4.10. The second-order valence-corrected chi connectivity index (χ2v) is 7.73. The molecular weight excluding hydrogens is 348 g/mol. The highest BCUT2D eigenvalue weighted by Gasteiger charge is 2.27. The Morgan fingerprint density at radius 1 is 1.11 bits per heavy atom. The number of hydrogen-bond donors (Lipinski definition) is 4. The number of fused-ring (bicyclic) bond motifs is 1. The molecule has 0 aromatic heterocycles. The molecule has 0 saturated carbocycles. The molecule has 0 radical (unpaired) electrons. The fourth-order valence-corrected chi connectivity index (χ4v) is 4.10. The summed E-state index contributed by atoms with van der Waals surface area (Å²) >= 11 is 0. The van der Waals surface area contributed by atoms with Crippen LogP contribution in [0, 0.1) is 6.92 Å². The lowest BCUT2D eigenvalue weighted by atomic mass is 9.88. The van der Waals surface area contributed by atoms with Gasteiger partial charge in [-0.15, -0.1) is 0 Å². The van der Waals surface area contributed by atoms with Gasteiger partial charge in [0.1, 0.15) is 0 Å². The number of likely N-dealkylation sites (N-methyl/N-ethyl adjacent to an activating group) is 1. The number of nitrogen functional groups attached to an aromatic ring is 1. The van der Waals surface area contributed by atoms with E-state index in [-0.39, 0.29) is 11.9 Å². The van der Waals surface area contributed by atoms with E-state index in [2.05, 4.69) is 47.1 Å². The Bertz CT molecular complexity index is 930. The van der Waals surface area contributed by atoms with E-state index in [0.717, 1.165) is 60.3 Å². The van der Waals surface area contributed by atoms with Gasteiger partial charge < -0.3 is 21.7 Å². The van der Waals surface area contributed by atoms with Crippen molar-refractivity contribution < 1.29 is 4.79 Å². The summed E-state index contributed by atoms with van der Waals surface area (Å²) in [5.74, 6) is 0.0579. The smallest absolute Gasteiger partial charge is 0.192 e. The van der Waals surface area contributed by atoms with E-state index < -0.39 is 0 Å². The van der Waals surface area contributed by atoms with Crippen molar-refractivity contribution >= 4 is 22.8 Å². The number of carbonyl (C=O) groups excluding carboxylic acids is 1. The molecule has 0 fully saturated rings. The van der Waals surface area contributed by atoms with Crippen molar-refractivity contribution in [2.24, 2.45) is 0 Å². The highest BCUT2D eigenvalue weighted by molar-refractivity contribution is 6.13. The average Bonchev–Trinajstić information content (AvgIpc) is 3.14. The number of rotatable bonds is 5. The number of hydrogen-bond acceptors (Lipinski definition) is 5. The van der Waals surface area contributed by atoms with E-state index >= 15 is 0 Å². The molecule has 0 spiro atoms. The zero-order chi connectivity index (χ0) is 19.7. The molecule has 1 atom stereocenters. The van der Waals surface area contributed by atoms with Crippen LogP contribution in [0.4, 0.5) is 17.1 Å². The van der Waals surface area contributed by atoms with Gasteiger partial charge in [-0.05, 0) is 63.9 Å². The van der Waals surface area contributed by atoms with Gasteiger partial charge in [-0.3, -0.25) is 4.79 Å². The number of ketones is 1. The zero-order valence-electron chi connectivity index (χ0n) is 16.6. The molecule has 28 heavy (non-hydrogen) atoms. The van der Waals surface area contributed by atoms with E-state index in [0.29, 0.717) is 11.3 Å². The van der Waals surface area contributed by atoms with E-state index in [1.165, 1.54) is 5.56 Å². The molecule has 5 nitrogen and oxygen atoms in total. The number of anilines is 3. The number of nitrogens with one attached hydrogen (secondary N) is 3. The van der Waals surface area contributed by atoms with E-state index in [1.807, 2.05) is 19.2 Å². The van der Waals surface area contributed by atoms with Gasteiger partial charge in [-0.2, -0.15) is 0 Å². The van der Waals surface area contributed by atoms with Crippen molar-refractivity contribution in [2.45, 2.75) is 45.2 Å². The lowest BCUT2D eigenvalue weighted by Crippen LogP contribution is -2.30. The highest BCUT2D eigenvalue weighted by atomic mass is 16.1. The third-order valence-electron chi connectivity index (χ3n) is 5.78. The van der Waals surface area contributed by atoms with Gasteiger partial charge in [0.15, 0.2) is 5.78 Å². The van der Waals surface area contributed by atoms with Crippen LogP contribution in [-0.2, 0) is 6.42 Å². The SMILES string of the molecule is CNC1Cc2c(ccc(C(=O)C3=C(Nc4ccc(C)cc4)CCCC3)c2N)N1. The summed E-state index contributed by atoms with van der Waals surface area (Å²) < 4.78 is 0. The minimum Gasteiger partial charge on any atom is -0.398 e. The second kappa shape index (κ2) is 7.68. The predicted molar refractivity (Wildman–Crippen MR) is 116 cm³/mol. The Morgan fingerprint density at radius 2 is 1.86 bits per heavy atom. The monoisotopic (exact) mass is 376 g/mol. The topological polar surface area (TPSA) is 79.2 Å². The molecule has 1 heterocycles. The maximum Gasteiger partial charge on any atom is 0.192 e. The molecule has 1 aliphatic heterocycles. The van der Waals surface area contributed by atoms with Crippen LogP contribution < -0.4 is 21.7 Å². The van der Waals surface area contributed by atoms with Gasteiger partial charge in [0, 0.05) is 45.9 Å². The first-order valence-electron chi connectivity index (χ1n) is 10.0. The minimum atomic E-state index is 0.0579. The quantitative estimate of drug-likeness (QED) is 0.464. The molecule has 2 aliphatic rings. The third-order valence-corrected chi connectivity index (χ3v) is 5.78. The summed E-state index contributed by atoms with van der Waals surface area (Å²) in [4.78, 5) is 13.4. The van der Waals surface area contributed by atoms with Gasteiger partial charge in [0.2, 0.25) is 0 Å². The van der Waals surface area contributed by atoms with Gasteiger partial charge in [-0.1, -0.05) is 17.7 Å². The largest absolute Gasteiger partial charge is 0.398 e. The molecule has 146 valence electrons. The van der Waals surface area contributed by atoms with Crippen molar-refractivity contribution in [1.29, 1.82) is 0 Å². The first kappa shape index (κ1) is 18.6. The Morgan fingerprint density at radius 3 is 2.61 bits per heavy atom. The van der Waals surface area contributed by atoms with E-state index in [4.69, 9.17) is 5.73 Å². The number of carbonyl (C=O) groups is 1. The molecule has 0 bridgehead atoms. The number of benzene rings is 2. The molecule has 2 aromatic carbocycles. The average molecular weight is 377 g/mol. The zero-order valence-corrected chi connectivity index (χ0v) is 16.6. The van der Waals surface area contributed by atoms with Crippen LogP contribution in [0.2, 0.25) is 0 Å². The van der Waals surface area contributed by atoms with Crippen LogP contribution in [0.3, 0.4) is 0 Å². The maximum absolute atomic E-state index is 13.4. The van der Waals surface area contributed by atoms with Crippen LogP contribution in [0.25, 0.3) is 0 Å². The van der Waals surface area contributed by atoms with Gasteiger partial charge in [-0.25, -0.2) is 0 Å². The van der Waals surface area contributed by atoms with E-state index in [1.54, 1.807) is 0 Å². The Hall–Kier alpha value is -2.79. The molecular formula is C23H28N4O. The standard InChI is InChI=1S/C23H28N4O/c1-14-7-9-15(10-8-14)26-19-6-4-3-5-16(19)23(28)17-11-12-20-18(22(17)24)13-21(25-2)27-20/h7-12,21,25-27H,3-6,13,24H2,1-2H3. The molecule has 0 amide bonds. The predicted octanol–water partition coefficient (Wildman–Crippen LogP) is 4.21. The fraction of sp³-hybridized carbons (Fsp3) is 0.348. The van der Waals surface area contributed by atoms with Crippen LogP contribution in [0.15, 0.2) is 47.7 Å². The summed E-state index contributed by atoms with van der Waals surface area (Å²) in [5.41, 5.74) is 13.9. The van der Waals surface area contributed by atoms with Crippen LogP contribution in [0.1, 0.15) is 47.2 Å².